The number of nitrogens with zero attached hydrogens (tertiary/aromatic N) is 1. The highest BCUT2D eigenvalue weighted by Gasteiger charge is 2.18. The molecule has 0 aromatic heterocycles. The molecule has 1 aromatic carbocycles. The molecule has 0 bridgehead atoms. The highest BCUT2D eigenvalue weighted by Crippen LogP contribution is 2.37. The summed E-state index contributed by atoms with van der Waals surface area (Å²) in [7, 11) is 2.09. The van der Waals surface area contributed by atoms with Crippen LogP contribution in [0.25, 0.3) is 0 Å². The fourth-order valence-electron chi connectivity index (χ4n) is 2.07. The summed E-state index contributed by atoms with van der Waals surface area (Å²) in [4.78, 5) is 2.21. The first-order valence-corrected chi connectivity index (χ1v) is 5.98. The van der Waals surface area contributed by atoms with E-state index in [1.807, 2.05) is 6.07 Å². The Bertz CT molecular complexity index is 376. The number of aryl methyl sites for hydroxylation is 1. The van der Waals surface area contributed by atoms with Crippen molar-refractivity contribution in [2.24, 2.45) is 0 Å². The number of ether oxygens (including phenoxy) is 1. The minimum absolute atomic E-state index is 0.724. The lowest BCUT2D eigenvalue weighted by molar-refractivity contribution is 0.313. The summed E-state index contributed by atoms with van der Waals surface area (Å²) in [6.45, 7) is 3.86. The minimum Gasteiger partial charge on any atom is -0.487 e. The van der Waals surface area contributed by atoms with Gasteiger partial charge in [-0.15, -0.1) is 0 Å². The predicted octanol–water partition coefficient (Wildman–Crippen LogP) is 2.44. The van der Waals surface area contributed by atoms with Crippen LogP contribution in [-0.4, -0.2) is 20.2 Å². The molecule has 0 atom stereocenters. The van der Waals surface area contributed by atoms with Crippen LogP contribution >= 0.6 is 0 Å². The number of unbranched alkanes of at least 4 members (excludes halogenated alkanes) is 1. The molecule has 0 spiro atoms. The van der Waals surface area contributed by atoms with Crippen molar-refractivity contribution in [2.45, 2.75) is 26.2 Å². The Kier molecular flexibility index (Phi) is 3.22. The van der Waals surface area contributed by atoms with Crippen LogP contribution in [0, 0.1) is 0 Å². The second-order valence-corrected chi connectivity index (χ2v) is 4.41. The van der Waals surface area contributed by atoms with Crippen molar-refractivity contribution in [3.63, 3.8) is 0 Å². The summed E-state index contributed by atoms with van der Waals surface area (Å²) >= 11 is 0. The molecule has 0 saturated carbocycles. The number of hydrogen-bond acceptors (Lipinski definition) is 3. The summed E-state index contributed by atoms with van der Waals surface area (Å²) < 4.78 is 5.62. The Morgan fingerprint density at radius 1 is 1.44 bits per heavy atom. The van der Waals surface area contributed by atoms with Crippen molar-refractivity contribution in [3.05, 3.63) is 17.7 Å². The molecule has 0 radical (unpaired) electrons. The third kappa shape index (κ3) is 2.08. The average molecular weight is 220 g/mol. The zero-order valence-corrected chi connectivity index (χ0v) is 10.1. The van der Waals surface area contributed by atoms with Crippen LogP contribution in [0.2, 0.25) is 0 Å². The quantitative estimate of drug-likeness (QED) is 0.795. The first kappa shape index (κ1) is 11.1. The van der Waals surface area contributed by atoms with E-state index in [-0.39, 0.29) is 0 Å². The molecular formula is C13H20N2O. The van der Waals surface area contributed by atoms with E-state index in [1.54, 1.807) is 0 Å². The van der Waals surface area contributed by atoms with Crippen molar-refractivity contribution in [1.29, 1.82) is 0 Å². The smallest absolute Gasteiger partial charge is 0.165 e. The highest BCUT2D eigenvalue weighted by atomic mass is 16.5. The van der Waals surface area contributed by atoms with Gasteiger partial charge in [0.25, 0.3) is 0 Å². The van der Waals surface area contributed by atoms with Gasteiger partial charge in [0.2, 0.25) is 0 Å². The molecule has 88 valence electrons. The number of benzene rings is 1. The number of likely N-dealkylation sites (N-methyl/N-ethyl adjacent to an activating group) is 1. The lowest BCUT2D eigenvalue weighted by atomic mass is 10.1. The molecule has 1 aromatic rings. The zero-order chi connectivity index (χ0) is 11.5. The number of fused-ring (bicyclic) bond motifs is 1. The van der Waals surface area contributed by atoms with Crippen LogP contribution in [0.15, 0.2) is 12.1 Å². The van der Waals surface area contributed by atoms with Crippen molar-refractivity contribution >= 4 is 11.4 Å². The minimum atomic E-state index is 0.724. The van der Waals surface area contributed by atoms with Crippen molar-refractivity contribution in [3.8, 4) is 5.75 Å². The molecule has 3 heteroatoms. The Labute approximate surface area is 97.2 Å². The molecule has 1 heterocycles. The van der Waals surface area contributed by atoms with Crippen LogP contribution in [0.1, 0.15) is 25.3 Å². The summed E-state index contributed by atoms with van der Waals surface area (Å²) in [6, 6.07) is 4.26. The van der Waals surface area contributed by atoms with Crippen LogP contribution in [0.4, 0.5) is 11.4 Å². The number of rotatable bonds is 3. The number of anilines is 2. The average Bonchev–Trinajstić information content (AvgIpc) is 2.28. The first-order chi connectivity index (χ1) is 7.72. The predicted molar refractivity (Wildman–Crippen MR) is 68.2 cm³/mol. The highest BCUT2D eigenvalue weighted by molar-refractivity contribution is 5.72. The topological polar surface area (TPSA) is 38.5 Å². The maximum absolute atomic E-state index is 6.02. The maximum atomic E-state index is 6.02. The van der Waals surface area contributed by atoms with E-state index in [4.69, 9.17) is 10.5 Å². The standard InChI is InChI=1S/C13H20N2O/c1-3-4-5-10-8-11(14)13-12(9-10)15(2)6-7-16-13/h8-9H,3-7,14H2,1-2H3. The molecule has 1 aliphatic heterocycles. The second-order valence-electron chi connectivity index (χ2n) is 4.41. The van der Waals surface area contributed by atoms with E-state index in [0.717, 1.165) is 36.7 Å². The third-order valence-electron chi connectivity index (χ3n) is 3.06. The van der Waals surface area contributed by atoms with Crippen LogP contribution in [-0.2, 0) is 6.42 Å². The van der Waals surface area contributed by atoms with Gasteiger partial charge in [-0.3, -0.25) is 0 Å². The Morgan fingerprint density at radius 3 is 3.00 bits per heavy atom. The van der Waals surface area contributed by atoms with E-state index in [9.17, 15) is 0 Å². The van der Waals surface area contributed by atoms with Crippen molar-refractivity contribution < 1.29 is 4.74 Å². The van der Waals surface area contributed by atoms with Crippen LogP contribution < -0.4 is 15.4 Å². The summed E-state index contributed by atoms with van der Waals surface area (Å²) in [5.74, 6) is 0.856. The van der Waals surface area contributed by atoms with Gasteiger partial charge in [-0.05, 0) is 30.5 Å². The van der Waals surface area contributed by atoms with Crippen LogP contribution in [0.3, 0.4) is 0 Å². The van der Waals surface area contributed by atoms with Gasteiger partial charge in [0.1, 0.15) is 6.61 Å². The second kappa shape index (κ2) is 4.64. The van der Waals surface area contributed by atoms with Gasteiger partial charge in [-0.2, -0.15) is 0 Å². The number of nitrogen functional groups attached to an aromatic ring is 1. The van der Waals surface area contributed by atoms with Gasteiger partial charge >= 0.3 is 0 Å². The van der Waals surface area contributed by atoms with Gasteiger partial charge < -0.3 is 15.4 Å². The van der Waals surface area contributed by atoms with Gasteiger partial charge in [0.15, 0.2) is 5.75 Å². The molecule has 1 aliphatic rings. The fourth-order valence-corrected chi connectivity index (χ4v) is 2.07. The SMILES string of the molecule is CCCCc1cc(N)c2c(c1)N(C)CCO2. The normalized spacial score (nSPS) is 14.5. The summed E-state index contributed by atoms with van der Waals surface area (Å²) in [6.07, 6.45) is 3.52. The summed E-state index contributed by atoms with van der Waals surface area (Å²) in [5.41, 5.74) is 9.25. The number of nitrogens with two attached hydrogens (primary N) is 1. The molecule has 16 heavy (non-hydrogen) atoms. The lowest BCUT2D eigenvalue weighted by Gasteiger charge is -2.29. The fraction of sp³-hybridized carbons (Fsp3) is 0.538. The molecule has 0 saturated heterocycles. The Balaban J connectivity index is 2.31. The Morgan fingerprint density at radius 2 is 2.25 bits per heavy atom. The number of hydrogen-bond donors (Lipinski definition) is 1. The third-order valence-corrected chi connectivity index (χ3v) is 3.06. The van der Waals surface area contributed by atoms with E-state index >= 15 is 0 Å². The monoisotopic (exact) mass is 220 g/mol. The van der Waals surface area contributed by atoms with Gasteiger partial charge in [-0.1, -0.05) is 13.3 Å². The molecule has 0 fully saturated rings. The van der Waals surface area contributed by atoms with E-state index < -0.39 is 0 Å². The molecule has 3 nitrogen and oxygen atoms in total. The maximum Gasteiger partial charge on any atom is 0.165 e. The molecular weight excluding hydrogens is 200 g/mol. The largest absolute Gasteiger partial charge is 0.487 e. The van der Waals surface area contributed by atoms with E-state index in [2.05, 4.69) is 24.9 Å². The molecule has 0 amide bonds. The van der Waals surface area contributed by atoms with Crippen molar-refractivity contribution in [2.75, 3.05) is 30.8 Å². The lowest BCUT2D eigenvalue weighted by Crippen LogP contribution is -2.29. The van der Waals surface area contributed by atoms with Crippen molar-refractivity contribution in [1.82, 2.24) is 0 Å². The molecule has 2 rings (SSSR count). The molecule has 0 aliphatic carbocycles. The summed E-state index contributed by atoms with van der Waals surface area (Å²) in [5, 5.41) is 0. The first-order valence-electron chi connectivity index (χ1n) is 5.98. The van der Waals surface area contributed by atoms with Gasteiger partial charge in [-0.25, -0.2) is 0 Å². The van der Waals surface area contributed by atoms with E-state index in [0.29, 0.717) is 0 Å². The van der Waals surface area contributed by atoms with Gasteiger partial charge in [0.05, 0.1) is 17.9 Å². The van der Waals surface area contributed by atoms with E-state index in [1.165, 1.54) is 18.4 Å². The Hall–Kier alpha value is -1.38. The molecule has 0 unspecified atom stereocenters. The van der Waals surface area contributed by atoms with Crippen LogP contribution in [0.5, 0.6) is 5.75 Å². The zero-order valence-electron chi connectivity index (χ0n) is 10.1. The molecule has 2 N–H and O–H groups in total. The van der Waals surface area contributed by atoms with Gasteiger partial charge in [0, 0.05) is 7.05 Å².